The Labute approximate surface area is 97.8 Å². The third-order valence-corrected chi connectivity index (χ3v) is 3.77. The van der Waals surface area contributed by atoms with Crippen molar-refractivity contribution in [2.24, 2.45) is 5.41 Å². The Bertz CT molecular complexity index is 402. The number of allylic oxidation sites excluding steroid dienone is 2. The van der Waals surface area contributed by atoms with Crippen LogP contribution in [-0.2, 0) is 14.6 Å². The first-order chi connectivity index (χ1) is 7.18. The van der Waals surface area contributed by atoms with Crippen molar-refractivity contribution in [3.8, 4) is 0 Å². The summed E-state index contributed by atoms with van der Waals surface area (Å²) >= 11 is 0. The molecule has 16 heavy (non-hydrogen) atoms. The summed E-state index contributed by atoms with van der Waals surface area (Å²) in [5.41, 5.74) is 1.14. The summed E-state index contributed by atoms with van der Waals surface area (Å²) in [6, 6.07) is 0. The lowest BCUT2D eigenvalue weighted by Gasteiger charge is -2.28. The molecule has 4 heteroatoms. The van der Waals surface area contributed by atoms with Crippen molar-refractivity contribution in [2.45, 2.75) is 39.5 Å². The lowest BCUT2D eigenvalue weighted by molar-refractivity contribution is -0.117. The van der Waals surface area contributed by atoms with Crippen molar-refractivity contribution in [1.82, 2.24) is 0 Å². The van der Waals surface area contributed by atoms with E-state index in [1.54, 1.807) is 6.08 Å². The number of hydrogen-bond acceptors (Lipinski definition) is 3. The lowest BCUT2D eigenvalue weighted by Crippen LogP contribution is -2.22. The van der Waals surface area contributed by atoms with Gasteiger partial charge in [0.2, 0.25) is 0 Å². The van der Waals surface area contributed by atoms with Gasteiger partial charge in [-0.1, -0.05) is 19.4 Å². The van der Waals surface area contributed by atoms with Crippen LogP contribution in [0.1, 0.15) is 39.5 Å². The van der Waals surface area contributed by atoms with Gasteiger partial charge in [-0.15, -0.1) is 0 Å². The molecule has 0 aromatic rings. The van der Waals surface area contributed by atoms with Crippen LogP contribution in [0.15, 0.2) is 11.6 Å². The van der Waals surface area contributed by atoms with E-state index in [1.165, 1.54) is 6.26 Å². The second kappa shape index (κ2) is 4.70. The molecule has 0 saturated carbocycles. The third-order valence-electron chi connectivity index (χ3n) is 2.74. The fourth-order valence-corrected chi connectivity index (χ4v) is 2.87. The first kappa shape index (κ1) is 13.4. The first-order valence-corrected chi connectivity index (χ1v) is 7.64. The lowest BCUT2D eigenvalue weighted by atomic mass is 9.76. The van der Waals surface area contributed by atoms with Crippen LogP contribution < -0.4 is 0 Å². The Morgan fingerprint density at radius 3 is 2.44 bits per heavy atom. The number of carbonyl (C=O) groups is 1. The van der Waals surface area contributed by atoms with Crippen LogP contribution in [0.5, 0.6) is 0 Å². The van der Waals surface area contributed by atoms with Crippen molar-refractivity contribution in [3.05, 3.63) is 11.6 Å². The smallest absolute Gasteiger partial charge is 0.156 e. The normalized spacial score (nSPS) is 20.7. The molecule has 0 aromatic heterocycles. The average Bonchev–Trinajstić information content (AvgIpc) is 1.96. The van der Waals surface area contributed by atoms with E-state index in [0.717, 1.165) is 18.4 Å². The zero-order chi connectivity index (χ0) is 12.4. The summed E-state index contributed by atoms with van der Waals surface area (Å²) < 4.78 is 22.0. The molecule has 0 atom stereocenters. The minimum Gasteiger partial charge on any atom is -0.295 e. The monoisotopic (exact) mass is 244 g/mol. The average molecular weight is 244 g/mol. The van der Waals surface area contributed by atoms with E-state index < -0.39 is 9.84 Å². The van der Waals surface area contributed by atoms with Gasteiger partial charge >= 0.3 is 0 Å². The molecule has 3 nitrogen and oxygen atoms in total. The zero-order valence-electron chi connectivity index (χ0n) is 10.2. The maximum absolute atomic E-state index is 11.5. The second-order valence-corrected chi connectivity index (χ2v) is 7.78. The molecule has 92 valence electrons. The Morgan fingerprint density at radius 1 is 1.31 bits per heavy atom. The van der Waals surface area contributed by atoms with Crippen molar-refractivity contribution in [3.63, 3.8) is 0 Å². The summed E-state index contributed by atoms with van der Waals surface area (Å²) in [6.45, 7) is 4.16. The van der Waals surface area contributed by atoms with Crippen molar-refractivity contribution >= 4 is 15.6 Å². The molecular formula is C12H20O3S. The van der Waals surface area contributed by atoms with Gasteiger partial charge in [0.25, 0.3) is 0 Å². The van der Waals surface area contributed by atoms with Gasteiger partial charge in [-0.25, -0.2) is 8.42 Å². The Kier molecular flexibility index (Phi) is 3.94. The molecule has 0 bridgehead atoms. The number of sulfone groups is 1. The van der Waals surface area contributed by atoms with Crippen molar-refractivity contribution in [2.75, 3.05) is 12.0 Å². The highest BCUT2D eigenvalue weighted by Gasteiger charge is 2.26. The highest BCUT2D eigenvalue weighted by atomic mass is 32.2. The molecule has 1 rings (SSSR count). The van der Waals surface area contributed by atoms with Crippen LogP contribution in [-0.4, -0.2) is 26.2 Å². The van der Waals surface area contributed by atoms with Gasteiger partial charge in [0.05, 0.1) is 5.75 Å². The van der Waals surface area contributed by atoms with Crippen molar-refractivity contribution < 1.29 is 13.2 Å². The summed E-state index contributed by atoms with van der Waals surface area (Å²) in [5.74, 6) is 0.379. The van der Waals surface area contributed by atoms with E-state index in [2.05, 4.69) is 13.8 Å². The molecule has 0 fully saturated rings. The molecule has 0 N–H and O–H groups in total. The fourth-order valence-electron chi connectivity index (χ4n) is 2.20. The number of hydrogen-bond donors (Lipinski definition) is 0. The Hall–Kier alpha value is -0.640. The summed E-state index contributed by atoms with van der Waals surface area (Å²) in [4.78, 5) is 11.5. The van der Waals surface area contributed by atoms with E-state index in [1.807, 2.05) is 0 Å². The number of rotatable bonds is 4. The van der Waals surface area contributed by atoms with Gasteiger partial charge in [0, 0.05) is 12.7 Å². The van der Waals surface area contributed by atoms with Crippen LogP contribution in [0.25, 0.3) is 0 Å². The molecule has 0 aliphatic heterocycles. The van der Waals surface area contributed by atoms with Crippen LogP contribution >= 0.6 is 0 Å². The van der Waals surface area contributed by atoms with Gasteiger partial charge in [0.15, 0.2) is 5.78 Å². The SMILES string of the molecule is CC1(C)CC(=O)C=C(CCCS(C)(=O)=O)C1. The van der Waals surface area contributed by atoms with Gasteiger partial charge in [-0.2, -0.15) is 0 Å². The Balaban J connectivity index is 2.52. The zero-order valence-corrected chi connectivity index (χ0v) is 11.1. The molecule has 0 spiro atoms. The van der Waals surface area contributed by atoms with Crippen LogP contribution in [0, 0.1) is 5.41 Å². The predicted molar refractivity (Wildman–Crippen MR) is 65.0 cm³/mol. The molecule has 1 aliphatic rings. The molecular weight excluding hydrogens is 224 g/mol. The second-order valence-electron chi connectivity index (χ2n) is 5.52. The van der Waals surface area contributed by atoms with Gasteiger partial charge in [-0.3, -0.25) is 4.79 Å². The molecule has 0 radical (unpaired) electrons. The fraction of sp³-hybridized carbons (Fsp3) is 0.750. The Morgan fingerprint density at radius 2 is 1.94 bits per heavy atom. The van der Waals surface area contributed by atoms with E-state index in [4.69, 9.17) is 0 Å². The highest BCUT2D eigenvalue weighted by molar-refractivity contribution is 7.90. The minimum atomic E-state index is -2.88. The maximum atomic E-state index is 11.5. The molecule has 0 saturated heterocycles. The highest BCUT2D eigenvalue weighted by Crippen LogP contribution is 2.35. The van der Waals surface area contributed by atoms with Gasteiger partial charge in [-0.05, 0) is 30.8 Å². The largest absolute Gasteiger partial charge is 0.295 e. The van der Waals surface area contributed by atoms with E-state index >= 15 is 0 Å². The van der Waals surface area contributed by atoms with Crippen molar-refractivity contribution in [1.29, 1.82) is 0 Å². The van der Waals surface area contributed by atoms with Crippen LogP contribution in [0.3, 0.4) is 0 Å². The summed E-state index contributed by atoms with van der Waals surface area (Å²) in [6.07, 6.45) is 5.80. The van der Waals surface area contributed by atoms with E-state index in [0.29, 0.717) is 12.8 Å². The standard InChI is InChI=1S/C12H20O3S/c1-12(2)8-10(7-11(13)9-12)5-4-6-16(3,14)15/h7H,4-6,8-9H2,1-3H3. The van der Waals surface area contributed by atoms with E-state index in [-0.39, 0.29) is 17.0 Å². The third kappa shape index (κ3) is 4.92. The minimum absolute atomic E-state index is 0.0340. The summed E-state index contributed by atoms with van der Waals surface area (Å²) in [5, 5.41) is 0. The predicted octanol–water partition coefficient (Wildman–Crippen LogP) is 2.13. The molecule has 0 heterocycles. The van der Waals surface area contributed by atoms with E-state index in [9.17, 15) is 13.2 Å². The quantitative estimate of drug-likeness (QED) is 0.761. The van der Waals surface area contributed by atoms with Crippen LogP contribution in [0.2, 0.25) is 0 Å². The first-order valence-electron chi connectivity index (χ1n) is 5.58. The molecule has 0 amide bonds. The molecule has 0 aromatic carbocycles. The molecule has 0 unspecified atom stereocenters. The van der Waals surface area contributed by atoms with Gasteiger partial charge < -0.3 is 0 Å². The topological polar surface area (TPSA) is 51.2 Å². The van der Waals surface area contributed by atoms with Crippen LogP contribution in [0.4, 0.5) is 0 Å². The van der Waals surface area contributed by atoms with Gasteiger partial charge in [0.1, 0.15) is 9.84 Å². The number of ketones is 1. The maximum Gasteiger partial charge on any atom is 0.156 e. The summed E-state index contributed by atoms with van der Waals surface area (Å²) in [7, 11) is -2.88. The molecule has 1 aliphatic carbocycles. The number of carbonyl (C=O) groups excluding carboxylic acids is 1.